The molecule has 0 aliphatic rings. The van der Waals surface area contributed by atoms with Gasteiger partial charge >= 0.3 is 5.97 Å². The van der Waals surface area contributed by atoms with Crippen LogP contribution in [0.15, 0.2) is 58.5 Å². The van der Waals surface area contributed by atoms with Crippen LogP contribution in [0.4, 0.5) is 0 Å². The number of aromatic nitrogens is 2. The van der Waals surface area contributed by atoms with Gasteiger partial charge in [-0.15, -0.1) is 0 Å². The molecule has 0 spiro atoms. The number of fused-ring (bicyclic) bond motifs is 1. The van der Waals surface area contributed by atoms with Crippen molar-refractivity contribution in [2.24, 2.45) is 0 Å². The highest BCUT2D eigenvalue weighted by atomic mass is 35.5. The Kier molecular flexibility index (Phi) is 6.49. The lowest BCUT2D eigenvalue weighted by molar-refractivity contribution is -0.140. The zero-order valence-corrected chi connectivity index (χ0v) is 16.6. The maximum absolute atomic E-state index is 12.9. The van der Waals surface area contributed by atoms with E-state index in [1.54, 1.807) is 48.5 Å². The predicted octanol–water partition coefficient (Wildman–Crippen LogP) is 3.59. The third kappa shape index (κ3) is 4.61. The lowest BCUT2D eigenvalue weighted by atomic mass is 10.1. The second-order valence-corrected chi connectivity index (χ2v) is 7.29. The molecule has 0 radical (unpaired) electrons. The predicted molar refractivity (Wildman–Crippen MR) is 109 cm³/mol. The molecule has 0 bridgehead atoms. The molecule has 1 aromatic heterocycles. The zero-order valence-electron chi connectivity index (χ0n) is 15.1. The molecule has 0 fully saturated rings. The molecule has 0 saturated carbocycles. The molecule has 3 rings (SSSR count). The molecule has 8 heteroatoms. The van der Waals surface area contributed by atoms with Gasteiger partial charge in [-0.1, -0.05) is 35.5 Å². The van der Waals surface area contributed by atoms with Gasteiger partial charge in [-0.2, -0.15) is 0 Å². The normalized spacial score (nSPS) is 10.8. The highest BCUT2D eigenvalue weighted by Gasteiger charge is 2.15. The quantitative estimate of drug-likeness (QED) is 0.253. The summed E-state index contributed by atoms with van der Waals surface area (Å²) in [6, 6.07) is 13.6. The van der Waals surface area contributed by atoms with Crippen molar-refractivity contribution in [3.8, 4) is 0 Å². The summed E-state index contributed by atoms with van der Waals surface area (Å²) in [6.45, 7) is 0.126. The summed E-state index contributed by atoms with van der Waals surface area (Å²) < 4.78 is 6.07. The maximum atomic E-state index is 12.9. The van der Waals surface area contributed by atoms with E-state index in [0.717, 1.165) is 11.8 Å². The molecule has 0 aliphatic heterocycles. The average molecular weight is 417 g/mol. The number of rotatable bonds is 7. The van der Waals surface area contributed by atoms with Gasteiger partial charge in [0.25, 0.3) is 5.56 Å². The number of carbonyl (C=O) groups is 2. The van der Waals surface area contributed by atoms with Crippen LogP contribution >= 0.6 is 23.4 Å². The first-order chi connectivity index (χ1) is 13.5. The Morgan fingerprint density at radius 3 is 2.57 bits per heavy atom. The van der Waals surface area contributed by atoms with E-state index in [1.165, 1.54) is 11.7 Å². The number of ether oxygens (including phenoxy) is 1. The molecular formula is C20H17ClN2O4S. The summed E-state index contributed by atoms with van der Waals surface area (Å²) in [6.07, 6.45) is 0.0368. The van der Waals surface area contributed by atoms with Crippen molar-refractivity contribution < 1.29 is 14.3 Å². The molecule has 0 saturated heterocycles. The smallest absolute Gasteiger partial charge is 0.307 e. The Bertz CT molecular complexity index is 1080. The first-order valence-electron chi connectivity index (χ1n) is 8.47. The van der Waals surface area contributed by atoms with Crippen molar-refractivity contribution >= 4 is 46.0 Å². The number of ketones is 1. The Morgan fingerprint density at radius 2 is 1.86 bits per heavy atom. The summed E-state index contributed by atoms with van der Waals surface area (Å²) in [7, 11) is 1.30. The number of benzene rings is 2. The van der Waals surface area contributed by atoms with Gasteiger partial charge in [-0.3, -0.25) is 19.0 Å². The number of esters is 1. The van der Waals surface area contributed by atoms with Crippen LogP contribution in [-0.4, -0.2) is 34.2 Å². The van der Waals surface area contributed by atoms with Crippen LogP contribution in [-0.2, 0) is 16.1 Å². The van der Waals surface area contributed by atoms with E-state index >= 15 is 0 Å². The maximum Gasteiger partial charge on any atom is 0.307 e. The molecule has 28 heavy (non-hydrogen) atoms. The summed E-state index contributed by atoms with van der Waals surface area (Å²) in [4.78, 5) is 41.3. The lowest BCUT2D eigenvalue weighted by Crippen LogP contribution is -2.25. The van der Waals surface area contributed by atoms with E-state index in [2.05, 4.69) is 9.72 Å². The summed E-state index contributed by atoms with van der Waals surface area (Å²) in [5, 5.41) is 1.40. The van der Waals surface area contributed by atoms with Crippen LogP contribution in [0.1, 0.15) is 16.8 Å². The van der Waals surface area contributed by atoms with Crippen molar-refractivity contribution in [2.45, 2.75) is 18.1 Å². The second-order valence-electron chi connectivity index (χ2n) is 5.91. The second kappa shape index (κ2) is 9.03. The fourth-order valence-corrected chi connectivity index (χ4v) is 3.66. The fraction of sp³-hybridized carbons (Fsp3) is 0.200. The topological polar surface area (TPSA) is 78.3 Å². The van der Waals surface area contributed by atoms with Crippen molar-refractivity contribution in [1.82, 2.24) is 9.55 Å². The standard InChI is InChI=1S/C20H17ClN2O4S/c1-27-18(25)10-11-23-19(26)15-4-2-3-5-16(15)22-20(23)28-12-17(24)13-6-8-14(21)9-7-13/h2-9H,10-12H2,1H3. The molecular weight excluding hydrogens is 400 g/mol. The van der Waals surface area contributed by atoms with Crippen LogP contribution < -0.4 is 5.56 Å². The zero-order chi connectivity index (χ0) is 20.1. The van der Waals surface area contributed by atoms with E-state index < -0.39 is 5.97 Å². The number of carbonyl (C=O) groups excluding carboxylic acids is 2. The third-order valence-electron chi connectivity index (χ3n) is 4.09. The Labute approximate surface area is 170 Å². The number of methoxy groups -OCH3 is 1. The van der Waals surface area contributed by atoms with Crippen molar-refractivity contribution in [2.75, 3.05) is 12.9 Å². The van der Waals surface area contributed by atoms with E-state index in [9.17, 15) is 14.4 Å². The monoisotopic (exact) mass is 416 g/mol. The van der Waals surface area contributed by atoms with Gasteiger partial charge in [0.15, 0.2) is 10.9 Å². The first-order valence-corrected chi connectivity index (χ1v) is 9.84. The highest BCUT2D eigenvalue weighted by molar-refractivity contribution is 7.99. The number of thioether (sulfide) groups is 1. The van der Waals surface area contributed by atoms with Gasteiger partial charge in [0, 0.05) is 17.1 Å². The summed E-state index contributed by atoms with van der Waals surface area (Å²) in [5.74, 6) is -0.429. The SMILES string of the molecule is COC(=O)CCn1c(SCC(=O)c2ccc(Cl)cc2)nc2ccccc2c1=O. The molecule has 0 N–H and O–H groups in total. The minimum Gasteiger partial charge on any atom is -0.469 e. The molecule has 0 atom stereocenters. The van der Waals surface area contributed by atoms with Crippen molar-refractivity contribution in [1.29, 1.82) is 0 Å². The third-order valence-corrected chi connectivity index (χ3v) is 5.32. The molecule has 3 aromatic rings. The number of halogens is 1. The first kappa shape index (κ1) is 20.1. The van der Waals surface area contributed by atoms with Gasteiger partial charge in [0.2, 0.25) is 0 Å². The van der Waals surface area contributed by atoms with E-state index in [-0.39, 0.29) is 30.1 Å². The van der Waals surface area contributed by atoms with Gasteiger partial charge < -0.3 is 4.74 Å². The van der Waals surface area contributed by atoms with Crippen LogP contribution in [0.5, 0.6) is 0 Å². The van der Waals surface area contributed by atoms with Crippen LogP contribution in [0.3, 0.4) is 0 Å². The summed E-state index contributed by atoms with van der Waals surface area (Å²) in [5.41, 5.74) is 0.820. The van der Waals surface area contributed by atoms with Gasteiger partial charge in [-0.25, -0.2) is 4.98 Å². The minimum atomic E-state index is -0.423. The number of nitrogens with zero attached hydrogens (tertiary/aromatic N) is 2. The molecule has 0 aliphatic carbocycles. The van der Waals surface area contributed by atoms with E-state index in [1.807, 2.05) is 0 Å². The van der Waals surface area contributed by atoms with E-state index in [4.69, 9.17) is 11.6 Å². The van der Waals surface area contributed by atoms with Crippen molar-refractivity contribution in [3.05, 3.63) is 69.5 Å². The van der Waals surface area contributed by atoms with E-state index in [0.29, 0.717) is 26.6 Å². The molecule has 6 nitrogen and oxygen atoms in total. The number of hydrogen-bond donors (Lipinski definition) is 0. The van der Waals surface area contributed by atoms with Gasteiger partial charge in [0.05, 0.1) is 30.2 Å². The highest BCUT2D eigenvalue weighted by Crippen LogP contribution is 2.20. The van der Waals surface area contributed by atoms with Gasteiger partial charge in [-0.05, 0) is 36.4 Å². The largest absolute Gasteiger partial charge is 0.469 e. The molecule has 2 aromatic carbocycles. The Balaban J connectivity index is 1.89. The molecule has 144 valence electrons. The summed E-state index contributed by atoms with van der Waals surface area (Å²) >= 11 is 7.01. The van der Waals surface area contributed by atoms with Crippen LogP contribution in [0, 0.1) is 0 Å². The van der Waals surface area contributed by atoms with Gasteiger partial charge in [0.1, 0.15) is 0 Å². The number of para-hydroxylation sites is 1. The fourth-order valence-electron chi connectivity index (χ4n) is 2.61. The molecule has 0 amide bonds. The Morgan fingerprint density at radius 1 is 1.14 bits per heavy atom. The number of hydrogen-bond acceptors (Lipinski definition) is 6. The number of Topliss-reactive ketones (excluding diaryl/α,β-unsaturated/α-hetero) is 1. The molecule has 1 heterocycles. The van der Waals surface area contributed by atoms with Crippen LogP contribution in [0.25, 0.3) is 10.9 Å². The average Bonchev–Trinajstić information content (AvgIpc) is 2.71. The van der Waals surface area contributed by atoms with Crippen molar-refractivity contribution in [3.63, 3.8) is 0 Å². The minimum absolute atomic E-state index is 0.0368. The Hall–Kier alpha value is -2.64. The van der Waals surface area contributed by atoms with Crippen LogP contribution in [0.2, 0.25) is 5.02 Å². The molecule has 0 unspecified atom stereocenters. The lowest BCUT2D eigenvalue weighted by Gasteiger charge is -2.12.